The lowest BCUT2D eigenvalue weighted by Gasteiger charge is -2.30. The van der Waals surface area contributed by atoms with Crippen molar-refractivity contribution in [2.45, 2.75) is 38.8 Å². The summed E-state index contributed by atoms with van der Waals surface area (Å²) in [5, 5.41) is 26.8. The fourth-order valence-electron chi connectivity index (χ4n) is 4.32. The Morgan fingerprint density at radius 3 is 2.85 bits per heavy atom. The van der Waals surface area contributed by atoms with Gasteiger partial charge in [0.1, 0.15) is 11.4 Å². The molecule has 33 heavy (non-hydrogen) atoms. The monoisotopic (exact) mass is 455 g/mol. The number of aliphatic hydroxyl groups is 1. The van der Waals surface area contributed by atoms with Gasteiger partial charge in [-0.3, -0.25) is 14.5 Å². The van der Waals surface area contributed by atoms with Gasteiger partial charge in [-0.1, -0.05) is 19.9 Å². The van der Waals surface area contributed by atoms with Crippen LogP contribution in [0.15, 0.2) is 24.3 Å². The molecule has 0 saturated carbocycles. The molecule has 4 N–H and O–H groups in total. The minimum absolute atomic E-state index is 0.0197. The van der Waals surface area contributed by atoms with Crippen molar-refractivity contribution in [2.75, 3.05) is 33.3 Å². The van der Waals surface area contributed by atoms with Gasteiger partial charge in [-0.2, -0.15) is 5.26 Å². The van der Waals surface area contributed by atoms with E-state index >= 15 is 0 Å². The lowest BCUT2D eigenvalue weighted by atomic mass is 9.98. The smallest absolute Gasteiger partial charge is 0.268 e. The maximum absolute atomic E-state index is 13.0. The highest BCUT2D eigenvalue weighted by atomic mass is 16.5. The van der Waals surface area contributed by atoms with Crippen LogP contribution in [0.3, 0.4) is 0 Å². The van der Waals surface area contributed by atoms with Crippen molar-refractivity contribution < 1.29 is 19.4 Å². The number of aromatic amines is 1. The van der Waals surface area contributed by atoms with E-state index in [9.17, 15) is 20.0 Å². The van der Waals surface area contributed by atoms with Crippen molar-refractivity contribution in [2.24, 2.45) is 11.8 Å². The van der Waals surface area contributed by atoms with E-state index in [1.807, 2.05) is 32.0 Å². The number of aromatic nitrogens is 1. The molecule has 0 aliphatic carbocycles. The van der Waals surface area contributed by atoms with Crippen molar-refractivity contribution in [1.29, 1.82) is 5.26 Å². The average Bonchev–Trinajstić information content (AvgIpc) is 3.39. The van der Waals surface area contributed by atoms with Crippen LogP contribution in [0.1, 0.15) is 37.2 Å². The Balaban J connectivity index is 1.71. The van der Waals surface area contributed by atoms with E-state index in [4.69, 9.17) is 4.74 Å². The van der Waals surface area contributed by atoms with Gasteiger partial charge in [-0.05, 0) is 37.0 Å². The third-order valence-corrected chi connectivity index (χ3v) is 5.98. The van der Waals surface area contributed by atoms with Crippen molar-refractivity contribution in [3.8, 4) is 11.8 Å². The largest absolute Gasteiger partial charge is 0.496 e. The molecule has 1 fully saturated rings. The topological polar surface area (TPSA) is 130 Å². The molecule has 9 nitrogen and oxygen atoms in total. The van der Waals surface area contributed by atoms with Crippen LogP contribution in [-0.4, -0.2) is 72.2 Å². The average molecular weight is 456 g/mol. The van der Waals surface area contributed by atoms with Crippen LogP contribution < -0.4 is 15.4 Å². The van der Waals surface area contributed by atoms with Crippen molar-refractivity contribution >= 4 is 22.7 Å². The number of nitrogens with one attached hydrogen (secondary N) is 3. The number of carbonyl (C=O) groups excluding carboxylic acids is 2. The highest BCUT2D eigenvalue weighted by molar-refractivity contribution is 5.99. The number of methoxy groups -OCH3 is 1. The van der Waals surface area contributed by atoms with Crippen LogP contribution in [0.5, 0.6) is 5.75 Å². The molecular formula is C24H33N5O4. The number of benzene rings is 1. The molecule has 0 radical (unpaired) electrons. The summed E-state index contributed by atoms with van der Waals surface area (Å²) in [6.07, 6.45) is 0.390. The first-order chi connectivity index (χ1) is 15.8. The zero-order valence-electron chi connectivity index (χ0n) is 19.4. The highest BCUT2D eigenvalue weighted by Gasteiger charge is 2.30. The number of rotatable bonds is 11. The molecule has 1 saturated heterocycles. The molecule has 0 bridgehead atoms. The summed E-state index contributed by atoms with van der Waals surface area (Å²) in [6, 6.07) is 8.89. The van der Waals surface area contributed by atoms with Crippen LogP contribution in [-0.2, 0) is 4.79 Å². The number of amides is 2. The number of fused-ring (bicyclic) bond motifs is 1. The Kier molecular flexibility index (Phi) is 8.31. The molecule has 1 aromatic heterocycles. The molecule has 2 amide bonds. The fraction of sp³-hybridized carbons (Fsp3) is 0.542. The van der Waals surface area contributed by atoms with E-state index in [1.54, 1.807) is 18.1 Å². The number of hydrogen-bond acceptors (Lipinski definition) is 6. The molecule has 1 aromatic carbocycles. The minimum Gasteiger partial charge on any atom is -0.496 e. The van der Waals surface area contributed by atoms with Crippen LogP contribution in [0.2, 0.25) is 0 Å². The molecule has 1 aliphatic heterocycles. The Morgan fingerprint density at radius 1 is 1.42 bits per heavy atom. The number of H-pyrrole nitrogens is 1. The van der Waals surface area contributed by atoms with Gasteiger partial charge in [-0.25, -0.2) is 0 Å². The van der Waals surface area contributed by atoms with Gasteiger partial charge in [0, 0.05) is 30.5 Å². The molecule has 2 heterocycles. The molecule has 3 rings (SSSR count). The first kappa shape index (κ1) is 24.6. The molecule has 0 spiro atoms. The number of ether oxygens (including phenoxy) is 1. The normalized spacial score (nSPS) is 17.7. The maximum Gasteiger partial charge on any atom is 0.268 e. The van der Waals surface area contributed by atoms with E-state index in [2.05, 4.69) is 21.7 Å². The van der Waals surface area contributed by atoms with Gasteiger partial charge in [0.15, 0.2) is 0 Å². The van der Waals surface area contributed by atoms with Crippen molar-refractivity contribution in [1.82, 2.24) is 20.5 Å². The van der Waals surface area contributed by atoms with Crippen LogP contribution in [0.25, 0.3) is 10.9 Å². The summed E-state index contributed by atoms with van der Waals surface area (Å²) < 4.78 is 5.37. The summed E-state index contributed by atoms with van der Waals surface area (Å²) in [4.78, 5) is 29.9. The maximum atomic E-state index is 13.0. The first-order valence-electron chi connectivity index (χ1n) is 11.3. The van der Waals surface area contributed by atoms with Gasteiger partial charge in [0.05, 0.1) is 37.8 Å². The molecule has 3 atom stereocenters. The molecular weight excluding hydrogens is 422 g/mol. The van der Waals surface area contributed by atoms with E-state index in [1.165, 1.54) is 0 Å². The van der Waals surface area contributed by atoms with Crippen LogP contribution in [0.4, 0.5) is 0 Å². The summed E-state index contributed by atoms with van der Waals surface area (Å²) in [5.74, 6) is 0.376. The van der Waals surface area contributed by atoms with Crippen LogP contribution >= 0.6 is 0 Å². The van der Waals surface area contributed by atoms with Gasteiger partial charge >= 0.3 is 0 Å². The second kappa shape index (κ2) is 11.2. The molecule has 9 heteroatoms. The Hall–Kier alpha value is -3.09. The quantitative estimate of drug-likeness (QED) is 0.381. The SMILES string of the molecule is COc1cccc2[nH]c(C(=O)N[C@@H](CC(C)C)[C@@H](O)CN(CC#N)C[C@@H]3CCNC3=O)cc12. The molecule has 1 aliphatic rings. The van der Waals surface area contributed by atoms with Crippen molar-refractivity contribution in [3.63, 3.8) is 0 Å². The minimum atomic E-state index is -0.895. The standard InChI is InChI=1S/C24H33N5O4/c1-15(2)11-19(21(30)14-29(10-8-25)13-16-7-9-26-23(16)31)28-24(32)20-12-17-18(27-20)5-4-6-22(17)33-3/h4-6,12,15-16,19,21,27,30H,7,9-11,13-14H2,1-3H3,(H,26,31)(H,28,32)/t16-,19-,21-/m0/s1. The lowest BCUT2D eigenvalue weighted by Crippen LogP contribution is -2.50. The summed E-state index contributed by atoms with van der Waals surface area (Å²) in [7, 11) is 1.58. The predicted molar refractivity (Wildman–Crippen MR) is 125 cm³/mol. The Bertz CT molecular complexity index is 1010. The number of carbonyl (C=O) groups is 2. The summed E-state index contributed by atoms with van der Waals surface area (Å²) >= 11 is 0. The first-order valence-corrected chi connectivity index (χ1v) is 11.3. The molecule has 2 aromatic rings. The third kappa shape index (κ3) is 6.24. The predicted octanol–water partition coefficient (Wildman–Crippen LogP) is 1.64. The lowest BCUT2D eigenvalue weighted by molar-refractivity contribution is -0.123. The van der Waals surface area contributed by atoms with Crippen LogP contribution in [0, 0.1) is 23.2 Å². The van der Waals surface area contributed by atoms with E-state index in [0.29, 0.717) is 37.4 Å². The summed E-state index contributed by atoms with van der Waals surface area (Å²) in [6.45, 7) is 5.38. The van der Waals surface area contributed by atoms with E-state index in [0.717, 1.165) is 10.9 Å². The number of aliphatic hydroxyl groups excluding tert-OH is 1. The number of nitriles is 1. The Morgan fingerprint density at radius 2 is 2.21 bits per heavy atom. The second-order valence-corrected chi connectivity index (χ2v) is 9.01. The zero-order chi connectivity index (χ0) is 24.0. The van der Waals surface area contributed by atoms with Gasteiger partial charge in [-0.15, -0.1) is 0 Å². The van der Waals surface area contributed by atoms with Gasteiger partial charge in [0.2, 0.25) is 5.91 Å². The third-order valence-electron chi connectivity index (χ3n) is 5.98. The molecule has 178 valence electrons. The van der Waals surface area contributed by atoms with Gasteiger partial charge < -0.3 is 25.5 Å². The van der Waals surface area contributed by atoms with E-state index < -0.39 is 12.1 Å². The van der Waals surface area contributed by atoms with E-state index in [-0.39, 0.29) is 36.7 Å². The summed E-state index contributed by atoms with van der Waals surface area (Å²) in [5.41, 5.74) is 1.17. The Labute approximate surface area is 194 Å². The van der Waals surface area contributed by atoms with Gasteiger partial charge in [0.25, 0.3) is 5.91 Å². The second-order valence-electron chi connectivity index (χ2n) is 9.01. The number of nitrogens with zero attached hydrogens (tertiary/aromatic N) is 2. The molecule has 0 unspecified atom stereocenters. The zero-order valence-corrected chi connectivity index (χ0v) is 19.4. The van der Waals surface area contributed by atoms with Crippen molar-refractivity contribution in [3.05, 3.63) is 30.0 Å². The highest BCUT2D eigenvalue weighted by Crippen LogP contribution is 2.26. The number of hydrogen-bond donors (Lipinski definition) is 4. The fourth-order valence-corrected chi connectivity index (χ4v) is 4.32.